The van der Waals surface area contributed by atoms with Crippen molar-refractivity contribution in [3.8, 4) is 23.0 Å². The summed E-state index contributed by atoms with van der Waals surface area (Å²) in [4.78, 5) is 27.9. The number of aromatic amines is 2. The number of fused-ring (bicyclic) bond motifs is 2. The number of alkyl halides is 3. The minimum Gasteiger partial charge on any atom is -0.475 e. The zero-order valence-electron chi connectivity index (χ0n) is 20.9. The van der Waals surface area contributed by atoms with E-state index in [1.54, 1.807) is 10.8 Å². The summed E-state index contributed by atoms with van der Waals surface area (Å²) in [6.45, 7) is 0.747. The van der Waals surface area contributed by atoms with Crippen molar-refractivity contribution in [3.63, 3.8) is 0 Å². The van der Waals surface area contributed by atoms with Gasteiger partial charge in [0.2, 0.25) is 0 Å². The molecule has 0 aliphatic rings. The molecule has 0 bridgehead atoms. The molecule has 0 amide bonds. The molecule has 6 N–H and O–H groups in total. The van der Waals surface area contributed by atoms with Crippen LogP contribution >= 0.6 is 0 Å². The Morgan fingerprint density at radius 1 is 1.10 bits per heavy atom. The van der Waals surface area contributed by atoms with Gasteiger partial charge in [-0.25, -0.2) is 9.59 Å². The number of nitrogens with two attached hydrogens (primary N) is 1. The number of nitriles is 1. The Bertz CT molecular complexity index is 1800. The van der Waals surface area contributed by atoms with Crippen LogP contribution in [0.3, 0.4) is 0 Å². The molecule has 5 rings (SSSR count). The predicted octanol–water partition coefficient (Wildman–Crippen LogP) is 4.88. The van der Waals surface area contributed by atoms with Gasteiger partial charge in [0.15, 0.2) is 0 Å². The van der Waals surface area contributed by atoms with Crippen molar-refractivity contribution in [3.05, 3.63) is 77.1 Å². The van der Waals surface area contributed by atoms with Crippen LogP contribution in [0.25, 0.3) is 38.8 Å². The largest absolute Gasteiger partial charge is 0.490 e. The first-order chi connectivity index (χ1) is 19.0. The van der Waals surface area contributed by atoms with E-state index in [0.717, 1.165) is 46.8 Å². The number of H-pyrrole nitrogens is 2. The summed E-state index contributed by atoms with van der Waals surface area (Å²) >= 11 is 0. The molecule has 0 atom stereocenters. The number of nitrogens with one attached hydrogen (secondary N) is 3. The number of aliphatic carboxylic acids is 1. The summed E-state index contributed by atoms with van der Waals surface area (Å²) in [6, 6.07) is 17.9. The third-order valence-corrected chi connectivity index (χ3v) is 6.20. The average Bonchev–Trinajstić information content (AvgIpc) is 3.59. The second-order valence-electron chi connectivity index (χ2n) is 8.86. The maximum absolute atomic E-state index is 13.1. The smallest absolute Gasteiger partial charge is 0.475 e. The van der Waals surface area contributed by atoms with Gasteiger partial charge in [-0.15, -0.1) is 0 Å². The second-order valence-corrected chi connectivity index (χ2v) is 8.86. The van der Waals surface area contributed by atoms with E-state index in [1.165, 1.54) is 0 Å². The normalized spacial score (nSPS) is 11.2. The van der Waals surface area contributed by atoms with Crippen molar-refractivity contribution in [1.29, 1.82) is 10.7 Å². The fourth-order valence-electron chi connectivity index (χ4n) is 4.46. The molecule has 0 saturated heterocycles. The minimum atomic E-state index is -5.08. The molecule has 13 heteroatoms. The van der Waals surface area contributed by atoms with E-state index in [0.29, 0.717) is 17.8 Å². The molecule has 0 spiro atoms. The van der Waals surface area contributed by atoms with Crippen LogP contribution in [0, 0.1) is 16.7 Å². The number of amidine groups is 1. The molecule has 5 aromatic rings. The lowest BCUT2D eigenvalue weighted by Gasteiger charge is -2.06. The van der Waals surface area contributed by atoms with Crippen molar-refractivity contribution < 1.29 is 23.1 Å². The molecule has 2 aromatic carbocycles. The number of unbranched alkanes of at least 4 members (excludes halogenated alkanes) is 1. The van der Waals surface area contributed by atoms with Crippen molar-refractivity contribution in [2.45, 2.75) is 32.0 Å². The third kappa shape index (κ3) is 5.60. The van der Waals surface area contributed by atoms with Crippen molar-refractivity contribution >= 4 is 33.6 Å². The molecular formula is C27H24F3N7O3. The fraction of sp³-hybridized carbons (Fsp3) is 0.185. The van der Waals surface area contributed by atoms with Crippen LogP contribution in [0.2, 0.25) is 0 Å². The molecule has 0 radical (unpaired) electrons. The molecule has 0 unspecified atom stereocenters. The molecule has 3 aromatic heterocycles. The highest BCUT2D eigenvalue weighted by Crippen LogP contribution is 2.34. The van der Waals surface area contributed by atoms with Crippen LogP contribution < -0.4 is 11.4 Å². The van der Waals surface area contributed by atoms with E-state index in [-0.39, 0.29) is 17.2 Å². The van der Waals surface area contributed by atoms with Gasteiger partial charge >= 0.3 is 17.8 Å². The Morgan fingerprint density at radius 2 is 1.75 bits per heavy atom. The molecule has 40 heavy (non-hydrogen) atoms. The average molecular weight is 552 g/mol. The topological polar surface area (TPSA) is 169 Å². The molecule has 0 fully saturated rings. The van der Waals surface area contributed by atoms with Crippen LogP contribution in [-0.2, 0) is 11.3 Å². The minimum absolute atomic E-state index is 0.196. The maximum Gasteiger partial charge on any atom is 0.490 e. The lowest BCUT2D eigenvalue weighted by Crippen LogP contribution is -2.21. The molecule has 206 valence electrons. The number of carbonyl (C=O) groups is 1. The van der Waals surface area contributed by atoms with Crippen molar-refractivity contribution in [2.24, 2.45) is 5.73 Å². The number of hydrogen-bond donors (Lipinski definition) is 5. The van der Waals surface area contributed by atoms with Gasteiger partial charge in [0.1, 0.15) is 11.8 Å². The molecular weight excluding hydrogens is 527 g/mol. The van der Waals surface area contributed by atoms with E-state index in [2.05, 4.69) is 20.6 Å². The Kier molecular flexibility index (Phi) is 7.81. The Balaban J connectivity index is 0.000000470. The summed E-state index contributed by atoms with van der Waals surface area (Å²) < 4.78 is 35.5. The lowest BCUT2D eigenvalue weighted by atomic mass is 10.1. The van der Waals surface area contributed by atoms with Crippen LogP contribution in [0.1, 0.15) is 25.0 Å². The van der Waals surface area contributed by atoms with Gasteiger partial charge in [-0.3, -0.25) is 15.0 Å². The predicted molar refractivity (Wildman–Crippen MR) is 143 cm³/mol. The number of benzene rings is 2. The second kappa shape index (κ2) is 11.2. The maximum atomic E-state index is 13.1. The van der Waals surface area contributed by atoms with E-state index < -0.39 is 12.1 Å². The summed E-state index contributed by atoms with van der Waals surface area (Å²) in [5.74, 6) is -2.56. The first-order valence-corrected chi connectivity index (χ1v) is 12.1. The summed E-state index contributed by atoms with van der Waals surface area (Å²) in [5.41, 5.74) is 9.36. The van der Waals surface area contributed by atoms with Crippen LogP contribution in [0.4, 0.5) is 13.2 Å². The van der Waals surface area contributed by atoms with Gasteiger partial charge < -0.3 is 20.4 Å². The summed E-state index contributed by atoms with van der Waals surface area (Å²) in [5, 5.41) is 26.3. The number of halogens is 3. The Hall–Kier alpha value is -5.25. The monoisotopic (exact) mass is 551 g/mol. The Labute approximate surface area is 224 Å². The third-order valence-electron chi connectivity index (χ3n) is 6.20. The number of imidazole rings is 1. The molecule has 0 aliphatic carbocycles. The number of carboxylic acid groups (broad SMARTS) is 1. The van der Waals surface area contributed by atoms with E-state index in [9.17, 15) is 23.2 Å². The molecule has 10 nitrogen and oxygen atoms in total. The molecule has 3 heterocycles. The Morgan fingerprint density at radius 3 is 2.40 bits per heavy atom. The van der Waals surface area contributed by atoms with Gasteiger partial charge in [0, 0.05) is 52.7 Å². The zero-order valence-corrected chi connectivity index (χ0v) is 20.9. The van der Waals surface area contributed by atoms with Crippen molar-refractivity contribution in [1.82, 2.24) is 19.1 Å². The highest BCUT2D eigenvalue weighted by atomic mass is 19.4. The van der Waals surface area contributed by atoms with Gasteiger partial charge in [0.05, 0.1) is 17.2 Å². The highest BCUT2D eigenvalue weighted by Gasteiger charge is 2.38. The van der Waals surface area contributed by atoms with Crippen molar-refractivity contribution in [2.75, 3.05) is 0 Å². The first-order valence-electron chi connectivity index (χ1n) is 12.1. The number of aryl methyl sites for hydroxylation is 1. The standard InChI is InChI=1S/C25H23N7O.C2HF3O2/c26-13-20-24(32(25(33)30-20)22-14-29-19-9-3-1-8-17(19)22)18-15-31(12-6-5-11-23(27)28)21-10-4-2-7-16(18)21;3-2(4,5)1(6)7/h1-4,7-10,14-15,29H,5-6,11-12H2,(H3,27,28)(H,30,33);(H,6,7). The van der Waals surface area contributed by atoms with Crippen LogP contribution in [-0.4, -0.2) is 42.2 Å². The van der Waals surface area contributed by atoms with Crippen LogP contribution in [0.5, 0.6) is 0 Å². The lowest BCUT2D eigenvalue weighted by molar-refractivity contribution is -0.192. The van der Waals surface area contributed by atoms with Gasteiger partial charge in [-0.2, -0.15) is 18.4 Å². The summed E-state index contributed by atoms with van der Waals surface area (Å²) in [7, 11) is 0. The number of carboxylic acids is 1. The fourth-order valence-corrected chi connectivity index (χ4v) is 4.46. The zero-order chi connectivity index (χ0) is 29.0. The van der Waals surface area contributed by atoms with E-state index in [4.69, 9.17) is 21.0 Å². The summed E-state index contributed by atoms with van der Waals surface area (Å²) in [6.07, 6.45) is 0.983. The number of nitrogens with zero attached hydrogens (tertiary/aromatic N) is 3. The SMILES string of the molecule is N#Cc1[nH]c(=O)n(-c2c[nH]c3ccccc23)c1-c1cn(CCCCC(=N)N)c2ccccc12.O=C(O)C(F)(F)F. The van der Waals surface area contributed by atoms with Gasteiger partial charge in [0.25, 0.3) is 0 Å². The van der Waals surface area contributed by atoms with Crippen LogP contribution in [0.15, 0.2) is 65.7 Å². The number of rotatable bonds is 7. The molecule has 0 saturated carbocycles. The highest BCUT2D eigenvalue weighted by molar-refractivity contribution is 5.97. The quantitative estimate of drug-likeness (QED) is 0.110. The number of aromatic nitrogens is 4. The van der Waals surface area contributed by atoms with E-state index >= 15 is 0 Å². The first kappa shape index (κ1) is 27.8. The van der Waals surface area contributed by atoms with E-state index in [1.807, 2.05) is 54.7 Å². The number of para-hydroxylation sites is 2. The van der Waals surface area contributed by atoms with Gasteiger partial charge in [-0.1, -0.05) is 36.4 Å². The molecule has 0 aliphatic heterocycles. The number of hydrogen-bond acceptors (Lipinski definition) is 4. The van der Waals surface area contributed by atoms with Gasteiger partial charge in [-0.05, 0) is 25.0 Å².